The van der Waals surface area contributed by atoms with Gasteiger partial charge >= 0.3 is 7.48 Å². The van der Waals surface area contributed by atoms with Crippen molar-refractivity contribution < 1.29 is 14.5 Å². The molecule has 0 unspecified atom stereocenters. The molecular formula is C11H14BO3. The third-order valence-electron chi connectivity index (χ3n) is 2.58. The van der Waals surface area contributed by atoms with E-state index in [9.17, 15) is 5.02 Å². The maximum absolute atomic E-state index is 9.20. The second kappa shape index (κ2) is 3.45. The molecule has 0 spiro atoms. The molecule has 1 radical (unpaired) electrons. The lowest BCUT2D eigenvalue weighted by Gasteiger charge is -2.18. The summed E-state index contributed by atoms with van der Waals surface area (Å²) in [6.07, 6.45) is 0.854. The minimum atomic E-state index is -0.202. The Balaban J connectivity index is 2.50. The summed E-state index contributed by atoms with van der Waals surface area (Å²) >= 11 is 0. The first kappa shape index (κ1) is 10.4. The van der Waals surface area contributed by atoms with Gasteiger partial charge in [0, 0.05) is 11.9 Å². The monoisotopic (exact) mass is 205 g/mol. The Morgan fingerprint density at radius 3 is 2.80 bits per heavy atom. The molecule has 15 heavy (non-hydrogen) atoms. The van der Waals surface area contributed by atoms with Crippen LogP contribution in [0.4, 0.5) is 0 Å². The van der Waals surface area contributed by atoms with Gasteiger partial charge in [-0.3, -0.25) is 0 Å². The van der Waals surface area contributed by atoms with Crippen LogP contribution < -0.4 is 14.9 Å². The SMILES string of the molecule is COc1ccc2c(c1[B]O)OC(C)(C)C2. The summed E-state index contributed by atoms with van der Waals surface area (Å²) in [4.78, 5) is 0. The largest absolute Gasteiger partial charge is 0.497 e. The van der Waals surface area contributed by atoms with Gasteiger partial charge in [-0.15, -0.1) is 0 Å². The van der Waals surface area contributed by atoms with E-state index in [0.29, 0.717) is 11.2 Å². The van der Waals surface area contributed by atoms with Gasteiger partial charge in [-0.2, -0.15) is 0 Å². The molecule has 0 aromatic heterocycles. The van der Waals surface area contributed by atoms with Gasteiger partial charge in [0.05, 0.1) is 7.11 Å². The van der Waals surface area contributed by atoms with E-state index in [1.807, 2.05) is 26.0 Å². The third-order valence-corrected chi connectivity index (χ3v) is 2.58. The van der Waals surface area contributed by atoms with Gasteiger partial charge in [0.25, 0.3) is 0 Å². The second-order valence-electron chi connectivity index (χ2n) is 4.34. The smallest absolute Gasteiger partial charge is 0.334 e. The van der Waals surface area contributed by atoms with E-state index in [-0.39, 0.29) is 5.60 Å². The van der Waals surface area contributed by atoms with Gasteiger partial charge < -0.3 is 14.5 Å². The van der Waals surface area contributed by atoms with Crippen molar-refractivity contribution in [3.63, 3.8) is 0 Å². The summed E-state index contributed by atoms with van der Waals surface area (Å²) in [6.45, 7) is 4.06. The third kappa shape index (κ3) is 1.70. The molecule has 3 nitrogen and oxygen atoms in total. The van der Waals surface area contributed by atoms with Crippen molar-refractivity contribution in [3.8, 4) is 11.5 Å². The highest BCUT2D eigenvalue weighted by molar-refractivity contribution is 6.48. The van der Waals surface area contributed by atoms with Crippen LogP contribution in [0.5, 0.6) is 11.5 Å². The van der Waals surface area contributed by atoms with Gasteiger partial charge in [-0.1, -0.05) is 6.07 Å². The first-order valence-corrected chi connectivity index (χ1v) is 4.94. The van der Waals surface area contributed by atoms with Gasteiger partial charge in [0.2, 0.25) is 0 Å². The van der Waals surface area contributed by atoms with Gasteiger partial charge in [0.15, 0.2) is 0 Å². The summed E-state index contributed by atoms with van der Waals surface area (Å²) < 4.78 is 10.9. The standard InChI is InChI=1S/C11H14BO3/c1-11(2)6-7-4-5-8(14-3)9(12-13)10(7)15-11/h4-5,13H,6H2,1-3H3. The minimum absolute atomic E-state index is 0.202. The fraction of sp³-hybridized carbons (Fsp3) is 0.455. The lowest BCUT2D eigenvalue weighted by Crippen LogP contribution is -2.27. The van der Waals surface area contributed by atoms with Crippen molar-refractivity contribution in [1.29, 1.82) is 0 Å². The molecule has 1 N–H and O–H groups in total. The zero-order chi connectivity index (χ0) is 11.1. The van der Waals surface area contributed by atoms with Crippen LogP contribution in [0.3, 0.4) is 0 Å². The van der Waals surface area contributed by atoms with E-state index in [2.05, 4.69) is 0 Å². The Morgan fingerprint density at radius 2 is 2.20 bits per heavy atom. The van der Waals surface area contributed by atoms with E-state index in [1.165, 1.54) is 0 Å². The first-order valence-electron chi connectivity index (χ1n) is 4.94. The van der Waals surface area contributed by atoms with Crippen LogP contribution in [0.15, 0.2) is 12.1 Å². The minimum Gasteiger partial charge on any atom is -0.497 e. The predicted molar refractivity (Wildman–Crippen MR) is 59.0 cm³/mol. The summed E-state index contributed by atoms with van der Waals surface area (Å²) in [5.41, 5.74) is 1.54. The average Bonchev–Trinajstić information content (AvgIpc) is 2.50. The van der Waals surface area contributed by atoms with E-state index in [0.717, 1.165) is 25.2 Å². The van der Waals surface area contributed by atoms with Gasteiger partial charge in [-0.25, -0.2) is 0 Å². The normalized spacial score (nSPS) is 16.8. The molecule has 1 aliphatic heterocycles. The fourth-order valence-corrected chi connectivity index (χ4v) is 1.96. The number of ether oxygens (including phenoxy) is 2. The summed E-state index contributed by atoms with van der Waals surface area (Å²) in [5, 5.41) is 9.20. The van der Waals surface area contributed by atoms with Crippen molar-refractivity contribution in [1.82, 2.24) is 0 Å². The van der Waals surface area contributed by atoms with Crippen LogP contribution >= 0.6 is 0 Å². The van der Waals surface area contributed by atoms with Crippen LogP contribution in [-0.4, -0.2) is 25.2 Å². The van der Waals surface area contributed by atoms with Crippen molar-refractivity contribution in [3.05, 3.63) is 17.7 Å². The maximum atomic E-state index is 9.20. The van der Waals surface area contributed by atoms with Gasteiger partial charge in [0.1, 0.15) is 17.1 Å². The lowest BCUT2D eigenvalue weighted by atomic mass is 9.85. The molecule has 1 aliphatic rings. The number of benzene rings is 1. The van der Waals surface area contributed by atoms with E-state index in [1.54, 1.807) is 7.11 Å². The summed E-state index contributed by atoms with van der Waals surface area (Å²) in [6, 6.07) is 3.83. The summed E-state index contributed by atoms with van der Waals surface area (Å²) in [7, 11) is 2.62. The molecule has 1 aromatic carbocycles. The number of rotatable bonds is 2. The lowest BCUT2D eigenvalue weighted by molar-refractivity contribution is 0.139. The molecule has 0 bridgehead atoms. The Morgan fingerprint density at radius 1 is 1.47 bits per heavy atom. The molecule has 0 fully saturated rings. The van der Waals surface area contributed by atoms with Crippen LogP contribution in [0.2, 0.25) is 0 Å². The van der Waals surface area contributed by atoms with Gasteiger partial charge in [-0.05, 0) is 25.5 Å². The number of hydrogen-bond donors (Lipinski definition) is 1. The Bertz CT molecular complexity index is 388. The van der Waals surface area contributed by atoms with E-state index >= 15 is 0 Å². The molecule has 4 heteroatoms. The first-order chi connectivity index (χ1) is 7.07. The number of methoxy groups -OCH3 is 1. The van der Waals surface area contributed by atoms with Crippen LogP contribution in [-0.2, 0) is 6.42 Å². The Hall–Kier alpha value is -1.16. The molecule has 1 aromatic rings. The predicted octanol–water partition coefficient (Wildman–Crippen LogP) is 0.645. The Labute approximate surface area is 90.3 Å². The van der Waals surface area contributed by atoms with Crippen molar-refractivity contribution in [2.75, 3.05) is 7.11 Å². The topological polar surface area (TPSA) is 38.7 Å². The molecule has 0 saturated heterocycles. The zero-order valence-corrected chi connectivity index (χ0v) is 9.20. The van der Waals surface area contributed by atoms with Crippen molar-refractivity contribution in [2.24, 2.45) is 0 Å². The second-order valence-corrected chi connectivity index (χ2v) is 4.34. The molecule has 79 valence electrons. The van der Waals surface area contributed by atoms with Crippen LogP contribution in [0, 0.1) is 0 Å². The molecule has 0 aliphatic carbocycles. The van der Waals surface area contributed by atoms with Crippen LogP contribution in [0.25, 0.3) is 0 Å². The van der Waals surface area contributed by atoms with E-state index in [4.69, 9.17) is 9.47 Å². The highest BCUT2D eigenvalue weighted by atomic mass is 16.5. The highest BCUT2D eigenvalue weighted by Gasteiger charge is 2.32. The van der Waals surface area contributed by atoms with Crippen molar-refractivity contribution >= 4 is 12.9 Å². The Kier molecular flexibility index (Phi) is 2.39. The highest BCUT2D eigenvalue weighted by Crippen LogP contribution is 2.35. The maximum Gasteiger partial charge on any atom is 0.334 e. The molecule has 0 saturated carbocycles. The number of hydrogen-bond acceptors (Lipinski definition) is 3. The van der Waals surface area contributed by atoms with Crippen LogP contribution in [0.1, 0.15) is 19.4 Å². The molecule has 1 heterocycles. The fourth-order valence-electron chi connectivity index (χ4n) is 1.96. The molecular weight excluding hydrogens is 191 g/mol. The zero-order valence-electron chi connectivity index (χ0n) is 9.20. The van der Waals surface area contributed by atoms with E-state index < -0.39 is 0 Å². The average molecular weight is 205 g/mol. The quantitative estimate of drug-likeness (QED) is 0.720. The molecule has 0 amide bonds. The molecule has 2 rings (SSSR count). The summed E-state index contributed by atoms with van der Waals surface area (Å²) in [5.74, 6) is 1.37. The van der Waals surface area contributed by atoms with Crippen molar-refractivity contribution in [2.45, 2.75) is 25.9 Å². The number of fused-ring (bicyclic) bond motifs is 1. The molecule has 0 atom stereocenters.